The van der Waals surface area contributed by atoms with Crippen molar-refractivity contribution >= 4 is 29.4 Å². The Labute approximate surface area is 160 Å². The largest absolute Gasteiger partial charge is 0.586 e. The normalized spacial score (nSPS) is 14.6. The molecule has 148 valence electrons. The predicted octanol–water partition coefficient (Wildman–Crippen LogP) is 3.72. The number of nitrogens with one attached hydrogen (secondary N) is 1. The van der Waals surface area contributed by atoms with Crippen LogP contribution in [0.5, 0.6) is 11.5 Å². The second kappa shape index (κ2) is 7.50. The fraction of sp³-hybridized carbons (Fsp3) is 0.188. The lowest BCUT2D eigenvalue weighted by Gasteiger charge is -2.06. The van der Waals surface area contributed by atoms with Gasteiger partial charge in [0.1, 0.15) is 5.69 Å². The Bertz CT molecular complexity index is 961. The monoisotopic (exact) mass is 418 g/mol. The molecule has 0 bridgehead atoms. The van der Waals surface area contributed by atoms with Gasteiger partial charge in [-0.15, -0.1) is 8.78 Å². The molecule has 0 aliphatic carbocycles. The molecule has 7 nitrogen and oxygen atoms in total. The number of carbonyl (C=O) groups is 1. The number of fused-ring (bicyclic) bond motifs is 1. The molecule has 12 heteroatoms. The summed E-state index contributed by atoms with van der Waals surface area (Å²) in [5, 5.41) is 5.75. The lowest BCUT2D eigenvalue weighted by molar-refractivity contribution is -0.286. The number of aromatic nitrogens is 2. The van der Waals surface area contributed by atoms with E-state index in [9.17, 15) is 22.4 Å². The minimum absolute atomic E-state index is 0.0482. The van der Waals surface area contributed by atoms with Crippen LogP contribution in [0.2, 0.25) is 5.02 Å². The number of halogens is 5. The maximum absolute atomic E-state index is 13.1. The van der Waals surface area contributed by atoms with Gasteiger partial charge in [0.25, 0.3) is 5.91 Å². The molecule has 1 aliphatic rings. The molecule has 0 fully saturated rings. The van der Waals surface area contributed by atoms with Gasteiger partial charge in [0, 0.05) is 24.0 Å². The zero-order valence-corrected chi connectivity index (χ0v) is 14.6. The van der Waals surface area contributed by atoms with Gasteiger partial charge >= 0.3 is 12.8 Å². The van der Waals surface area contributed by atoms with Crippen LogP contribution in [0.1, 0.15) is 22.6 Å². The Hall–Kier alpha value is -3.08. The van der Waals surface area contributed by atoms with E-state index in [2.05, 4.69) is 31.5 Å². The van der Waals surface area contributed by atoms with E-state index in [1.165, 1.54) is 12.3 Å². The number of benzene rings is 1. The Morgan fingerprint density at radius 3 is 2.75 bits per heavy atom. The molecule has 0 spiro atoms. The molecule has 0 saturated carbocycles. The summed E-state index contributed by atoms with van der Waals surface area (Å²) in [6.07, 6.45) is -1.48. The smallest absolute Gasteiger partial charge is 0.395 e. The lowest BCUT2D eigenvalue weighted by atomic mass is 10.1. The molecule has 3 rings (SSSR count). The molecule has 0 unspecified atom stereocenters. The van der Waals surface area contributed by atoms with Gasteiger partial charge in [-0.1, -0.05) is 18.2 Å². The Morgan fingerprint density at radius 2 is 2.07 bits per heavy atom. The number of hydrogen-bond donors (Lipinski definition) is 1. The first kappa shape index (κ1) is 19.7. The van der Waals surface area contributed by atoms with Crippen molar-refractivity contribution in [3.8, 4) is 11.5 Å². The first-order valence-electron chi connectivity index (χ1n) is 7.59. The number of nitrogens with zero attached hydrogens (tertiary/aromatic N) is 3. The summed E-state index contributed by atoms with van der Waals surface area (Å²) in [7, 11) is 0. The average Bonchev–Trinajstić information content (AvgIpc) is 3.20. The molecule has 0 radical (unpaired) electrons. The number of rotatable bonds is 6. The van der Waals surface area contributed by atoms with Crippen LogP contribution in [0.4, 0.5) is 17.6 Å². The third-order valence-corrected chi connectivity index (χ3v) is 3.80. The molecule has 28 heavy (non-hydrogen) atoms. The summed E-state index contributed by atoms with van der Waals surface area (Å²) in [6.45, 7) is 0.587. The van der Waals surface area contributed by atoms with Gasteiger partial charge in [0.2, 0.25) is 0 Å². The van der Waals surface area contributed by atoms with Crippen LogP contribution < -0.4 is 14.8 Å². The van der Waals surface area contributed by atoms with Crippen LogP contribution in [0.15, 0.2) is 36.0 Å². The van der Waals surface area contributed by atoms with Crippen molar-refractivity contribution in [2.24, 2.45) is 4.99 Å². The highest BCUT2D eigenvalue weighted by molar-refractivity contribution is 6.32. The SMILES string of the molecule is C=C(N=CCNC(=O)c1ccnn1C(F)F)c1cc2c(cc1Cl)OC(F)(F)O2. The lowest BCUT2D eigenvalue weighted by Crippen LogP contribution is -2.28. The van der Waals surface area contributed by atoms with E-state index in [1.54, 1.807) is 0 Å². The van der Waals surface area contributed by atoms with Gasteiger partial charge < -0.3 is 14.8 Å². The van der Waals surface area contributed by atoms with E-state index >= 15 is 0 Å². The van der Waals surface area contributed by atoms with Crippen LogP contribution in [0.25, 0.3) is 5.70 Å². The van der Waals surface area contributed by atoms with Crippen molar-refractivity contribution < 1.29 is 31.8 Å². The number of alkyl halides is 4. The Kier molecular flexibility index (Phi) is 5.27. The first-order chi connectivity index (χ1) is 13.2. The van der Waals surface area contributed by atoms with E-state index in [0.717, 1.165) is 18.3 Å². The summed E-state index contributed by atoms with van der Waals surface area (Å²) in [4.78, 5) is 15.8. The topological polar surface area (TPSA) is 77.7 Å². The third-order valence-electron chi connectivity index (χ3n) is 3.49. The molecule has 0 saturated heterocycles. The molecule has 1 aromatic heterocycles. The highest BCUT2D eigenvalue weighted by atomic mass is 35.5. The summed E-state index contributed by atoms with van der Waals surface area (Å²) in [6, 6.07) is 3.47. The van der Waals surface area contributed by atoms with Gasteiger partial charge in [-0.3, -0.25) is 9.79 Å². The first-order valence-corrected chi connectivity index (χ1v) is 7.97. The second-order valence-corrected chi connectivity index (χ2v) is 5.76. The van der Waals surface area contributed by atoms with Gasteiger partial charge in [-0.05, 0) is 12.1 Å². The summed E-state index contributed by atoms with van der Waals surface area (Å²) >= 11 is 6.01. The van der Waals surface area contributed by atoms with Crippen LogP contribution in [0, 0.1) is 0 Å². The molecule has 1 amide bonds. The highest BCUT2D eigenvalue weighted by Gasteiger charge is 2.43. The predicted molar refractivity (Wildman–Crippen MR) is 91.0 cm³/mol. The maximum atomic E-state index is 13.1. The van der Waals surface area contributed by atoms with Gasteiger partial charge in [-0.2, -0.15) is 18.6 Å². The van der Waals surface area contributed by atoms with Crippen molar-refractivity contribution in [2.45, 2.75) is 12.8 Å². The van der Waals surface area contributed by atoms with E-state index < -0.39 is 18.8 Å². The molecule has 1 aliphatic heterocycles. The molecule has 2 aromatic rings. The molecule has 0 atom stereocenters. The molecular weight excluding hydrogens is 408 g/mol. The molecule has 1 aromatic carbocycles. The van der Waals surface area contributed by atoms with E-state index in [0.29, 0.717) is 0 Å². The number of ether oxygens (including phenoxy) is 2. The van der Waals surface area contributed by atoms with Crippen LogP contribution in [-0.4, -0.2) is 34.7 Å². The van der Waals surface area contributed by atoms with Crippen LogP contribution >= 0.6 is 11.6 Å². The fourth-order valence-corrected chi connectivity index (χ4v) is 2.56. The minimum Gasteiger partial charge on any atom is -0.395 e. The van der Waals surface area contributed by atoms with Crippen molar-refractivity contribution in [2.75, 3.05) is 6.54 Å². The van der Waals surface area contributed by atoms with Crippen LogP contribution in [-0.2, 0) is 0 Å². The highest BCUT2D eigenvalue weighted by Crippen LogP contribution is 2.44. The number of hydrogen-bond acceptors (Lipinski definition) is 5. The average molecular weight is 419 g/mol. The van der Waals surface area contributed by atoms with E-state index in [4.69, 9.17) is 11.6 Å². The van der Waals surface area contributed by atoms with Gasteiger partial charge in [-0.25, -0.2) is 0 Å². The third kappa shape index (κ3) is 4.09. The maximum Gasteiger partial charge on any atom is 0.586 e. The Morgan fingerprint density at radius 1 is 1.39 bits per heavy atom. The number of carbonyl (C=O) groups excluding carboxylic acids is 1. The summed E-state index contributed by atoms with van der Waals surface area (Å²) < 4.78 is 60.4. The van der Waals surface area contributed by atoms with Crippen molar-refractivity contribution in [1.82, 2.24) is 15.1 Å². The van der Waals surface area contributed by atoms with E-state index in [1.807, 2.05) is 0 Å². The van der Waals surface area contributed by atoms with Crippen molar-refractivity contribution in [1.29, 1.82) is 0 Å². The van der Waals surface area contributed by atoms with E-state index in [-0.39, 0.29) is 44.7 Å². The molecular formula is C16H11ClF4N4O3. The molecule has 1 N–H and O–H groups in total. The minimum atomic E-state index is -3.79. The quantitative estimate of drug-likeness (QED) is 0.573. The standard InChI is InChI=1S/C16H11ClF4N4O3/c1-8(9-6-12-13(7-10(9)17)28-16(20,21)27-12)22-4-5-23-14(26)11-2-3-24-25(11)15(18)19/h2-4,6-7,15H,1,5H2,(H,23,26). The zero-order valence-electron chi connectivity index (χ0n) is 13.8. The fourth-order valence-electron chi connectivity index (χ4n) is 2.30. The summed E-state index contributed by atoms with van der Waals surface area (Å²) in [5.74, 6) is -1.23. The number of aliphatic imine (C=N–C) groups is 1. The van der Waals surface area contributed by atoms with Crippen molar-refractivity contribution in [3.63, 3.8) is 0 Å². The second-order valence-electron chi connectivity index (χ2n) is 5.35. The number of amides is 1. The van der Waals surface area contributed by atoms with Gasteiger partial charge in [0.15, 0.2) is 11.5 Å². The van der Waals surface area contributed by atoms with Crippen molar-refractivity contribution in [3.05, 3.63) is 47.3 Å². The molecule has 2 heterocycles. The summed E-state index contributed by atoms with van der Waals surface area (Å²) in [5.41, 5.74) is -0.0134. The van der Waals surface area contributed by atoms with Gasteiger partial charge in [0.05, 0.1) is 17.3 Å². The zero-order chi connectivity index (χ0) is 20.5. The van der Waals surface area contributed by atoms with Crippen LogP contribution in [0.3, 0.4) is 0 Å². The Balaban J connectivity index is 1.62.